The summed E-state index contributed by atoms with van der Waals surface area (Å²) < 4.78 is 35.7. The largest absolute Gasteiger partial charge is 0.497 e. The fourth-order valence-electron chi connectivity index (χ4n) is 5.33. The summed E-state index contributed by atoms with van der Waals surface area (Å²) in [6.07, 6.45) is 0. The molecule has 6 rings (SSSR count). The van der Waals surface area contributed by atoms with Crippen molar-refractivity contribution in [1.29, 1.82) is 0 Å². The Kier molecular flexibility index (Phi) is 7.68. The molecule has 0 saturated carbocycles. The summed E-state index contributed by atoms with van der Waals surface area (Å²) in [4.78, 5) is 9.98. The average molecular weight is 565 g/mol. The molecule has 0 aliphatic carbocycles. The summed E-state index contributed by atoms with van der Waals surface area (Å²) in [5.74, 6) is 3.29. The molecule has 2 atom stereocenters. The first-order valence-corrected chi connectivity index (χ1v) is 13.7. The molecule has 0 saturated heterocycles. The molecule has 0 aromatic heterocycles. The molecular formula is C34H32N2O6. The zero-order valence-corrected chi connectivity index (χ0v) is 24.0. The first-order valence-electron chi connectivity index (χ1n) is 13.7. The van der Waals surface area contributed by atoms with Crippen LogP contribution in [0.4, 0.5) is 0 Å². The molecule has 2 aliphatic rings. The van der Waals surface area contributed by atoms with E-state index in [1.54, 1.807) is 28.4 Å². The van der Waals surface area contributed by atoms with E-state index in [2.05, 4.69) is 24.3 Å². The number of methoxy groups -OCH3 is 4. The van der Waals surface area contributed by atoms with Crippen molar-refractivity contribution in [3.63, 3.8) is 0 Å². The Morgan fingerprint density at radius 3 is 1.31 bits per heavy atom. The summed E-state index contributed by atoms with van der Waals surface area (Å²) in [5.41, 5.74) is 4.99. The second-order valence-electron chi connectivity index (χ2n) is 9.85. The molecule has 0 fully saturated rings. The van der Waals surface area contributed by atoms with Gasteiger partial charge in [-0.25, -0.2) is 9.98 Å². The number of aliphatic imine (C=N–C) groups is 2. The van der Waals surface area contributed by atoms with E-state index in [1.165, 1.54) is 0 Å². The maximum absolute atomic E-state index is 6.24. The highest BCUT2D eigenvalue weighted by Crippen LogP contribution is 2.47. The van der Waals surface area contributed by atoms with E-state index in [9.17, 15) is 0 Å². The van der Waals surface area contributed by atoms with Crippen LogP contribution >= 0.6 is 0 Å². The number of hydrogen-bond acceptors (Lipinski definition) is 8. The first kappa shape index (κ1) is 27.2. The molecule has 42 heavy (non-hydrogen) atoms. The minimum Gasteiger partial charge on any atom is -0.497 e. The molecule has 4 aromatic carbocycles. The molecule has 8 heteroatoms. The van der Waals surface area contributed by atoms with Gasteiger partial charge in [-0.1, -0.05) is 60.7 Å². The van der Waals surface area contributed by atoms with Crippen molar-refractivity contribution < 1.29 is 28.4 Å². The van der Waals surface area contributed by atoms with Crippen LogP contribution in [0.3, 0.4) is 0 Å². The van der Waals surface area contributed by atoms with Crippen LogP contribution in [0, 0.1) is 0 Å². The number of ether oxygens (including phenoxy) is 6. The number of rotatable bonds is 9. The normalized spacial score (nSPS) is 17.5. The van der Waals surface area contributed by atoms with Gasteiger partial charge in [0.1, 0.15) is 48.3 Å². The molecule has 0 amide bonds. The number of hydrogen-bond donors (Lipinski definition) is 0. The molecule has 0 unspecified atom stereocenters. The smallest absolute Gasteiger partial charge is 0.217 e. The molecule has 0 radical (unpaired) electrons. The zero-order chi connectivity index (χ0) is 29.1. The van der Waals surface area contributed by atoms with E-state index in [4.69, 9.17) is 38.4 Å². The highest BCUT2D eigenvalue weighted by Gasteiger charge is 2.32. The lowest BCUT2D eigenvalue weighted by Gasteiger charge is -2.21. The van der Waals surface area contributed by atoms with Gasteiger partial charge in [-0.3, -0.25) is 0 Å². The standard InChI is InChI=1S/C34H32N2O6/c1-37-23-15-25(33-35-27(19-41-33)21-11-7-5-8-12-21)31(29(17-23)39-3)32-26(16-24(38-2)18-30(32)40-4)34-36-28(20-42-34)22-13-9-6-10-14-22/h5-18,27-28H,19-20H2,1-4H3/t27-,28-/m0/s1. The minimum absolute atomic E-state index is 0.141. The van der Waals surface area contributed by atoms with Gasteiger partial charge in [-0.15, -0.1) is 0 Å². The van der Waals surface area contributed by atoms with Gasteiger partial charge in [0.2, 0.25) is 11.8 Å². The van der Waals surface area contributed by atoms with E-state index in [0.717, 1.165) is 22.3 Å². The Balaban J connectivity index is 1.56. The van der Waals surface area contributed by atoms with Crippen LogP contribution in [0.15, 0.2) is 94.9 Å². The van der Waals surface area contributed by atoms with Gasteiger partial charge in [-0.05, 0) is 23.3 Å². The van der Waals surface area contributed by atoms with Crippen molar-refractivity contribution in [2.75, 3.05) is 41.7 Å². The molecule has 0 spiro atoms. The van der Waals surface area contributed by atoms with E-state index in [0.29, 0.717) is 59.1 Å². The predicted molar refractivity (Wildman–Crippen MR) is 161 cm³/mol. The summed E-state index contributed by atoms with van der Waals surface area (Å²) in [5, 5.41) is 0. The highest BCUT2D eigenvalue weighted by atomic mass is 16.5. The Labute approximate surface area is 245 Å². The van der Waals surface area contributed by atoms with Gasteiger partial charge < -0.3 is 28.4 Å². The van der Waals surface area contributed by atoms with Crippen molar-refractivity contribution >= 4 is 11.8 Å². The molecule has 214 valence electrons. The SMILES string of the molecule is COc1cc(OC)c(-c2c(OC)cc(OC)cc2C2=N[C@H](c3ccccc3)CO2)c(C2=N[C@H](c3ccccc3)CO2)c1. The van der Waals surface area contributed by atoms with Crippen LogP contribution in [0.5, 0.6) is 23.0 Å². The van der Waals surface area contributed by atoms with Crippen molar-refractivity contribution in [1.82, 2.24) is 0 Å². The monoisotopic (exact) mass is 564 g/mol. The average Bonchev–Trinajstić information content (AvgIpc) is 3.75. The Morgan fingerprint density at radius 1 is 0.548 bits per heavy atom. The molecule has 0 N–H and O–H groups in total. The lowest BCUT2D eigenvalue weighted by atomic mass is 9.92. The third kappa shape index (κ3) is 5.11. The first-order chi connectivity index (χ1) is 20.6. The highest BCUT2D eigenvalue weighted by molar-refractivity contribution is 6.10. The van der Waals surface area contributed by atoms with Crippen molar-refractivity contribution in [3.05, 3.63) is 107 Å². The van der Waals surface area contributed by atoms with Crippen LogP contribution < -0.4 is 18.9 Å². The quantitative estimate of drug-likeness (QED) is 0.233. The fraction of sp³-hybridized carbons (Fsp3) is 0.235. The van der Waals surface area contributed by atoms with E-state index >= 15 is 0 Å². The van der Waals surface area contributed by atoms with Crippen LogP contribution in [-0.2, 0) is 9.47 Å². The summed E-state index contributed by atoms with van der Waals surface area (Å²) in [6.45, 7) is 0.832. The van der Waals surface area contributed by atoms with Gasteiger partial charge >= 0.3 is 0 Å². The zero-order valence-electron chi connectivity index (χ0n) is 24.0. The molecule has 2 aliphatic heterocycles. The maximum Gasteiger partial charge on any atom is 0.217 e. The third-order valence-corrected chi connectivity index (χ3v) is 7.44. The van der Waals surface area contributed by atoms with Gasteiger partial charge in [0.05, 0.1) is 39.6 Å². The van der Waals surface area contributed by atoms with Crippen LogP contribution in [0.2, 0.25) is 0 Å². The topological polar surface area (TPSA) is 80.1 Å². The molecule has 0 bridgehead atoms. The van der Waals surface area contributed by atoms with Crippen molar-refractivity contribution in [3.8, 4) is 34.1 Å². The predicted octanol–water partition coefficient (Wildman–Crippen LogP) is 6.42. The van der Waals surface area contributed by atoms with E-state index < -0.39 is 0 Å². The van der Waals surface area contributed by atoms with Crippen molar-refractivity contribution in [2.24, 2.45) is 9.98 Å². The van der Waals surface area contributed by atoms with Crippen molar-refractivity contribution in [2.45, 2.75) is 12.1 Å². The van der Waals surface area contributed by atoms with Gasteiger partial charge in [-0.2, -0.15) is 0 Å². The van der Waals surface area contributed by atoms with Crippen LogP contribution in [0.1, 0.15) is 34.3 Å². The van der Waals surface area contributed by atoms with E-state index in [1.807, 2.05) is 60.7 Å². The lowest BCUT2D eigenvalue weighted by Crippen LogP contribution is -2.10. The maximum atomic E-state index is 6.24. The Bertz CT molecular complexity index is 1510. The molecule has 4 aromatic rings. The van der Waals surface area contributed by atoms with E-state index in [-0.39, 0.29) is 12.1 Å². The fourth-order valence-corrected chi connectivity index (χ4v) is 5.33. The number of nitrogens with zero attached hydrogens (tertiary/aromatic N) is 2. The second kappa shape index (κ2) is 11.9. The van der Waals surface area contributed by atoms with Gasteiger partial charge in [0, 0.05) is 23.3 Å². The summed E-state index contributed by atoms with van der Waals surface area (Å²) >= 11 is 0. The lowest BCUT2D eigenvalue weighted by molar-refractivity contribution is 0.319. The van der Waals surface area contributed by atoms with Crippen LogP contribution in [-0.4, -0.2) is 53.4 Å². The molecule has 2 heterocycles. The summed E-state index contributed by atoms with van der Waals surface area (Å²) in [7, 11) is 6.48. The number of benzene rings is 4. The van der Waals surface area contributed by atoms with Gasteiger partial charge in [0.25, 0.3) is 0 Å². The second-order valence-corrected chi connectivity index (χ2v) is 9.85. The van der Waals surface area contributed by atoms with Gasteiger partial charge in [0.15, 0.2) is 0 Å². The Hall–Kier alpha value is -4.98. The summed E-state index contributed by atoms with van der Waals surface area (Å²) in [6, 6.07) is 27.4. The minimum atomic E-state index is -0.141. The third-order valence-electron chi connectivity index (χ3n) is 7.44. The molecular weight excluding hydrogens is 532 g/mol. The molecule has 8 nitrogen and oxygen atoms in total. The Morgan fingerprint density at radius 2 is 0.952 bits per heavy atom. The van der Waals surface area contributed by atoms with Crippen LogP contribution in [0.25, 0.3) is 11.1 Å².